The molecule has 0 amide bonds. The summed E-state index contributed by atoms with van der Waals surface area (Å²) in [7, 11) is -2.01. The molecular formula is C16H16Br2O4S. The van der Waals surface area contributed by atoms with Crippen LogP contribution in [-0.2, 0) is 9.84 Å². The second-order valence-electron chi connectivity index (χ2n) is 4.71. The van der Waals surface area contributed by atoms with Crippen molar-refractivity contribution >= 4 is 41.7 Å². The molecule has 0 fully saturated rings. The summed E-state index contributed by atoms with van der Waals surface area (Å²) in [4.78, 5) is 0.655. The molecule has 0 aliphatic rings. The van der Waals surface area contributed by atoms with Gasteiger partial charge in [-0.3, -0.25) is 0 Å². The molecule has 2 aromatic rings. The minimum atomic E-state index is -3.54. The standard InChI is InChI=1S/C16H16Br2O4S/c1-21-13-2-6-15(7-3-13)23(19,20)16-8-4-14(5-9-16)22-11-12(18)10-17/h2-9,12H,10-11H2,1H3/t12-/m1/s1. The van der Waals surface area contributed by atoms with Gasteiger partial charge in [0.25, 0.3) is 0 Å². The molecule has 0 radical (unpaired) electrons. The molecule has 0 aliphatic heterocycles. The van der Waals surface area contributed by atoms with Gasteiger partial charge >= 0.3 is 0 Å². The quantitative estimate of drug-likeness (QED) is 0.581. The minimum Gasteiger partial charge on any atom is -0.497 e. The lowest BCUT2D eigenvalue weighted by molar-refractivity contribution is 0.325. The Kier molecular flexibility index (Phi) is 6.50. The molecule has 0 unspecified atom stereocenters. The van der Waals surface area contributed by atoms with Crippen LogP contribution >= 0.6 is 31.9 Å². The largest absolute Gasteiger partial charge is 0.497 e. The third-order valence-electron chi connectivity index (χ3n) is 3.10. The predicted octanol–water partition coefficient (Wildman–Crippen LogP) is 4.07. The lowest BCUT2D eigenvalue weighted by atomic mass is 10.3. The number of rotatable bonds is 7. The molecular weight excluding hydrogens is 448 g/mol. The van der Waals surface area contributed by atoms with E-state index in [1.807, 2.05) is 0 Å². The van der Waals surface area contributed by atoms with Gasteiger partial charge < -0.3 is 9.47 Å². The predicted molar refractivity (Wildman–Crippen MR) is 96.9 cm³/mol. The Morgan fingerprint density at radius 3 is 1.87 bits per heavy atom. The van der Waals surface area contributed by atoms with Crippen LogP contribution in [0.5, 0.6) is 11.5 Å². The Morgan fingerprint density at radius 1 is 0.957 bits per heavy atom. The van der Waals surface area contributed by atoms with Gasteiger partial charge in [-0.2, -0.15) is 0 Å². The summed E-state index contributed by atoms with van der Waals surface area (Å²) in [5.74, 6) is 1.24. The van der Waals surface area contributed by atoms with Crippen molar-refractivity contribution in [2.24, 2.45) is 0 Å². The second kappa shape index (κ2) is 8.17. The number of sulfone groups is 1. The van der Waals surface area contributed by atoms with Crippen LogP contribution in [-0.4, -0.2) is 32.3 Å². The number of hydrogen-bond donors (Lipinski definition) is 0. The molecule has 0 bridgehead atoms. The molecule has 0 aromatic heterocycles. The maximum absolute atomic E-state index is 12.6. The van der Waals surface area contributed by atoms with Crippen molar-refractivity contribution < 1.29 is 17.9 Å². The van der Waals surface area contributed by atoms with Gasteiger partial charge in [0.1, 0.15) is 18.1 Å². The van der Waals surface area contributed by atoms with Crippen LogP contribution in [0.15, 0.2) is 58.3 Å². The highest BCUT2D eigenvalue weighted by Crippen LogP contribution is 2.25. The Labute approximate surface area is 153 Å². The molecule has 0 saturated carbocycles. The zero-order valence-corrected chi connectivity index (χ0v) is 16.4. The summed E-state index contributed by atoms with van der Waals surface area (Å²) in [6.45, 7) is 0.496. The molecule has 2 rings (SSSR count). The van der Waals surface area contributed by atoms with Gasteiger partial charge in [0.2, 0.25) is 9.84 Å². The van der Waals surface area contributed by atoms with Crippen LogP contribution < -0.4 is 9.47 Å². The van der Waals surface area contributed by atoms with Crippen LogP contribution in [0.25, 0.3) is 0 Å². The first kappa shape index (κ1) is 18.3. The van der Waals surface area contributed by atoms with E-state index in [9.17, 15) is 8.42 Å². The number of methoxy groups -OCH3 is 1. The van der Waals surface area contributed by atoms with Crippen molar-refractivity contribution in [3.8, 4) is 11.5 Å². The third kappa shape index (κ3) is 4.71. The Morgan fingerprint density at radius 2 is 1.43 bits per heavy atom. The lowest BCUT2D eigenvalue weighted by Crippen LogP contribution is -2.12. The fourth-order valence-corrected chi connectivity index (χ4v) is 3.42. The average molecular weight is 464 g/mol. The number of benzene rings is 2. The molecule has 0 spiro atoms. The number of alkyl halides is 2. The first-order valence-electron chi connectivity index (χ1n) is 6.79. The van der Waals surface area contributed by atoms with E-state index in [-0.39, 0.29) is 14.6 Å². The zero-order chi connectivity index (χ0) is 16.9. The molecule has 23 heavy (non-hydrogen) atoms. The summed E-state index contributed by atoms with van der Waals surface area (Å²) < 4.78 is 35.7. The SMILES string of the molecule is COc1ccc(S(=O)(=O)c2ccc(OC[C@H](Br)CBr)cc2)cc1. The molecule has 0 heterocycles. The Bertz CT molecular complexity index is 728. The van der Waals surface area contributed by atoms with Crippen molar-refractivity contribution in [1.82, 2.24) is 0 Å². The Balaban J connectivity index is 2.16. The van der Waals surface area contributed by atoms with Crippen LogP contribution in [0.2, 0.25) is 0 Å². The van der Waals surface area contributed by atoms with Crippen LogP contribution in [0.3, 0.4) is 0 Å². The number of ether oxygens (including phenoxy) is 2. The van der Waals surface area contributed by atoms with E-state index >= 15 is 0 Å². The fourth-order valence-electron chi connectivity index (χ4n) is 1.84. The lowest BCUT2D eigenvalue weighted by Gasteiger charge is -2.10. The highest BCUT2D eigenvalue weighted by molar-refractivity contribution is 9.12. The molecule has 2 aromatic carbocycles. The summed E-state index contributed by atoms with van der Waals surface area (Å²) in [6, 6.07) is 12.7. The summed E-state index contributed by atoms with van der Waals surface area (Å²) in [6.07, 6.45) is 0. The van der Waals surface area contributed by atoms with Gasteiger partial charge in [-0.05, 0) is 48.5 Å². The van der Waals surface area contributed by atoms with Crippen molar-refractivity contribution in [1.29, 1.82) is 0 Å². The monoisotopic (exact) mass is 462 g/mol. The minimum absolute atomic E-state index is 0.199. The molecule has 0 N–H and O–H groups in total. The average Bonchev–Trinajstić information content (AvgIpc) is 2.60. The third-order valence-corrected chi connectivity index (χ3v) is 7.13. The highest BCUT2D eigenvalue weighted by Gasteiger charge is 2.17. The van der Waals surface area contributed by atoms with Crippen LogP contribution in [0.4, 0.5) is 0 Å². The topological polar surface area (TPSA) is 52.6 Å². The highest BCUT2D eigenvalue weighted by atomic mass is 79.9. The molecule has 124 valence electrons. The van der Waals surface area contributed by atoms with Crippen molar-refractivity contribution in [3.05, 3.63) is 48.5 Å². The van der Waals surface area contributed by atoms with E-state index in [0.717, 1.165) is 5.33 Å². The summed E-state index contributed by atoms with van der Waals surface area (Å²) >= 11 is 6.79. The van der Waals surface area contributed by atoms with E-state index in [0.29, 0.717) is 18.1 Å². The fraction of sp³-hybridized carbons (Fsp3) is 0.250. The van der Waals surface area contributed by atoms with Gasteiger partial charge in [-0.25, -0.2) is 8.42 Å². The first-order valence-corrected chi connectivity index (χ1v) is 10.3. The van der Waals surface area contributed by atoms with E-state index < -0.39 is 9.84 Å². The molecule has 0 saturated heterocycles. The zero-order valence-electron chi connectivity index (χ0n) is 12.4. The van der Waals surface area contributed by atoms with Gasteiger partial charge in [0, 0.05) is 5.33 Å². The van der Waals surface area contributed by atoms with Gasteiger partial charge in [0.15, 0.2) is 0 Å². The van der Waals surface area contributed by atoms with Crippen molar-refractivity contribution in [2.75, 3.05) is 19.0 Å². The van der Waals surface area contributed by atoms with Crippen LogP contribution in [0.1, 0.15) is 0 Å². The van der Waals surface area contributed by atoms with Crippen molar-refractivity contribution in [3.63, 3.8) is 0 Å². The van der Waals surface area contributed by atoms with Crippen LogP contribution in [0, 0.1) is 0 Å². The summed E-state index contributed by atoms with van der Waals surface area (Å²) in [5.41, 5.74) is 0. The second-order valence-corrected chi connectivity index (χ2v) is 8.61. The first-order chi connectivity index (χ1) is 11.0. The van der Waals surface area contributed by atoms with Crippen molar-refractivity contribution in [2.45, 2.75) is 14.6 Å². The van der Waals surface area contributed by atoms with E-state index in [4.69, 9.17) is 9.47 Å². The van der Waals surface area contributed by atoms with E-state index in [2.05, 4.69) is 31.9 Å². The van der Waals surface area contributed by atoms with Gasteiger partial charge in [0.05, 0.1) is 21.7 Å². The van der Waals surface area contributed by atoms with E-state index in [1.165, 1.54) is 19.2 Å². The summed E-state index contributed by atoms with van der Waals surface area (Å²) in [5, 5.41) is 0.775. The number of hydrogen-bond acceptors (Lipinski definition) is 4. The van der Waals surface area contributed by atoms with Gasteiger partial charge in [-0.15, -0.1) is 0 Å². The molecule has 1 atom stereocenters. The van der Waals surface area contributed by atoms with Gasteiger partial charge in [-0.1, -0.05) is 31.9 Å². The Hall–Kier alpha value is -1.05. The number of halogens is 2. The molecule has 0 aliphatic carbocycles. The smallest absolute Gasteiger partial charge is 0.206 e. The molecule has 7 heteroatoms. The van der Waals surface area contributed by atoms with E-state index in [1.54, 1.807) is 36.4 Å². The molecule has 4 nitrogen and oxygen atoms in total. The maximum atomic E-state index is 12.6. The normalized spacial score (nSPS) is 12.7. The maximum Gasteiger partial charge on any atom is 0.206 e.